The van der Waals surface area contributed by atoms with Crippen molar-refractivity contribution >= 4 is 75.1 Å². The summed E-state index contributed by atoms with van der Waals surface area (Å²) in [6.07, 6.45) is 7.23. The lowest BCUT2D eigenvalue weighted by molar-refractivity contribution is -0.134. The summed E-state index contributed by atoms with van der Waals surface area (Å²) in [7, 11) is 3.19. The van der Waals surface area contributed by atoms with Crippen molar-refractivity contribution in [1.82, 2.24) is 30.2 Å². The van der Waals surface area contributed by atoms with Crippen LogP contribution in [-0.4, -0.2) is 118 Å². The van der Waals surface area contributed by atoms with Crippen LogP contribution in [0.4, 0.5) is 22.0 Å². The topological polar surface area (TPSA) is 213 Å². The molecule has 2 saturated heterocycles. The van der Waals surface area contributed by atoms with Crippen LogP contribution in [0, 0.1) is 0 Å². The second-order valence-corrected chi connectivity index (χ2v) is 17.7. The highest BCUT2D eigenvalue weighted by Gasteiger charge is 2.38. The second-order valence-electron chi connectivity index (χ2n) is 15.0. The molecule has 4 aliphatic rings. The molecule has 2 aromatic heterocycles. The van der Waals surface area contributed by atoms with Gasteiger partial charge in [0.15, 0.2) is 5.82 Å². The maximum Gasteiger partial charge on any atom is 0.513 e. The van der Waals surface area contributed by atoms with Crippen LogP contribution in [0.2, 0.25) is 0 Å². The van der Waals surface area contributed by atoms with Gasteiger partial charge in [0.25, 0.3) is 0 Å². The number of halogens is 1. The highest BCUT2D eigenvalue weighted by atomic mass is 35.5. The minimum Gasteiger partial charge on any atom is -0.489 e. The number of anilines is 3. The number of hydrogen-bond acceptors (Lipinski definition) is 16. The van der Waals surface area contributed by atoms with Gasteiger partial charge in [0, 0.05) is 49.2 Å². The van der Waals surface area contributed by atoms with Crippen molar-refractivity contribution in [3.8, 4) is 28.4 Å². The molecular weight excluding hydrogens is 844 g/mol. The van der Waals surface area contributed by atoms with Gasteiger partial charge >= 0.3 is 6.16 Å². The number of carbonyl (C=O) groups is 4. The molecule has 0 unspecified atom stereocenters. The number of carbonyl (C=O) groups excluding carboxylic acids is 4. The summed E-state index contributed by atoms with van der Waals surface area (Å²) in [5.41, 5.74) is 15.9. The van der Waals surface area contributed by atoms with Crippen LogP contribution < -0.4 is 36.1 Å². The number of aromatic nitrogens is 4. The molecule has 1 saturated carbocycles. The van der Waals surface area contributed by atoms with Gasteiger partial charge in [-0.05, 0) is 67.9 Å². The van der Waals surface area contributed by atoms with Gasteiger partial charge in [-0.2, -0.15) is 5.10 Å². The average molecular weight is 893 g/mol. The van der Waals surface area contributed by atoms with Crippen molar-refractivity contribution in [1.29, 1.82) is 0 Å². The van der Waals surface area contributed by atoms with Crippen LogP contribution >= 0.6 is 34.0 Å². The van der Waals surface area contributed by atoms with Gasteiger partial charge in [0.05, 0.1) is 42.6 Å². The molecule has 3 fully saturated rings. The molecule has 5 N–H and O–H groups in total. The fraction of sp³-hybridized carbons (Fsp3) is 0.439. The minimum absolute atomic E-state index is 0. The van der Waals surface area contributed by atoms with Crippen LogP contribution in [0.25, 0.3) is 16.9 Å². The summed E-state index contributed by atoms with van der Waals surface area (Å²) < 4.78 is 18.6. The summed E-state index contributed by atoms with van der Waals surface area (Å²) >= 11 is 0. The fourth-order valence-electron chi connectivity index (χ4n) is 8.45. The number of nitrogens with zero attached hydrogens (tertiary/aromatic N) is 7. The molecular formula is C41H49ClN10O7S2. The molecule has 2 aromatic carbocycles. The lowest BCUT2D eigenvalue weighted by atomic mass is 9.80. The highest BCUT2D eigenvalue weighted by molar-refractivity contribution is 8.76. The van der Waals surface area contributed by atoms with E-state index in [-0.39, 0.29) is 60.4 Å². The smallest absolute Gasteiger partial charge is 0.489 e. The van der Waals surface area contributed by atoms with Gasteiger partial charge < -0.3 is 35.5 Å². The summed E-state index contributed by atoms with van der Waals surface area (Å²) in [5, 5.41) is 15.5. The van der Waals surface area contributed by atoms with Gasteiger partial charge in [-0.25, -0.2) is 9.48 Å². The lowest BCUT2D eigenvalue weighted by Gasteiger charge is -2.42. The molecule has 8 rings (SSSR count). The van der Waals surface area contributed by atoms with Crippen molar-refractivity contribution in [3.63, 3.8) is 0 Å². The van der Waals surface area contributed by atoms with Crippen molar-refractivity contribution in [2.24, 2.45) is 5.73 Å². The van der Waals surface area contributed by atoms with Crippen molar-refractivity contribution in [2.75, 3.05) is 73.0 Å². The van der Waals surface area contributed by atoms with E-state index in [4.69, 9.17) is 25.7 Å². The molecule has 3 amide bonds. The quantitative estimate of drug-likeness (QED) is 0.0552. The number of para-hydroxylation sites is 2. The van der Waals surface area contributed by atoms with Crippen LogP contribution in [0.1, 0.15) is 50.0 Å². The van der Waals surface area contributed by atoms with Gasteiger partial charge in [-0.1, -0.05) is 45.9 Å². The molecule has 1 aliphatic carbocycles. The summed E-state index contributed by atoms with van der Waals surface area (Å²) in [5.74, 6) is 2.49. The number of hydrogen-bond donors (Lipinski definition) is 3. The van der Waals surface area contributed by atoms with Gasteiger partial charge in [-0.15, -0.1) is 22.6 Å². The second kappa shape index (κ2) is 20.2. The van der Waals surface area contributed by atoms with E-state index in [1.807, 2.05) is 12.1 Å². The Morgan fingerprint density at radius 1 is 0.951 bits per heavy atom. The predicted octanol–water partition coefficient (Wildman–Crippen LogP) is 4.57. The average Bonchev–Trinajstić information content (AvgIpc) is 3.75. The number of ether oxygens (including phenoxy) is 3. The molecule has 0 spiro atoms. The van der Waals surface area contributed by atoms with Crippen molar-refractivity contribution in [2.45, 2.75) is 56.5 Å². The number of piperazine rings is 1. The Morgan fingerprint density at radius 2 is 1.77 bits per heavy atom. The summed E-state index contributed by atoms with van der Waals surface area (Å²) in [4.78, 5) is 56.8. The number of piperidine rings is 1. The highest BCUT2D eigenvalue weighted by Crippen LogP contribution is 2.45. The van der Waals surface area contributed by atoms with Crippen molar-refractivity contribution in [3.05, 3.63) is 66.5 Å². The number of amides is 3. The van der Waals surface area contributed by atoms with Crippen molar-refractivity contribution < 1.29 is 33.4 Å². The molecule has 0 bridgehead atoms. The first-order valence-electron chi connectivity index (χ1n) is 20.2. The van der Waals surface area contributed by atoms with Gasteiger partial charge in [0.2, 0.25) is 17.7 Å². The number of nitrogens with one attached hydrogen (secondary N) is 1. The van der Waals surface area contributed by atoms with E-state index >= 15 is 0 Å². The largest absolute Gasteiger partial charge is 0.513 e. The zero-order valence-corrected chi connectivity index (χ0v) is 35.9. The first-order chi connectivity index (χ1) is 29.3. The molecule has 5 heterocycles. The molecule has 20 heteroatoms. The van der Waals surface area contributed by atoms with Crippen LogP contribution in [0.3, 0.4) is 0 Å². The lowest BCUT2D eigenvalue weighted by Crippen LogP contribution is -2.54. The monoisotopic (exact) mass is 892 g/mol. The molecule has 4 aromatic rings. The Hall–Kier alpha value is -5.08. The zero-order chi connectivity index (χ0) is 41.6. The summed E-state index contributed by atoms with van der Waals surface area (Å²) in [6.45, 7) is 3.40. The van der Waals surface area contributed by atoms with E-state index < -0.39 is 6.16 Å². The fourth-order valence-corrected chi connectivity index (χ4v) is 10.1. The Labute approximate surface area is 367 Å². The number of fused-ring (bicyclic) bond motifs is 1. The molecule has 61 heavy (non-hydrogen) atoms. The van der Waals surface area contributed by atoms with Crippen LogP contribution in [0.5, 0.6) is 11.5 Å². The maximum absolute atomic E-state index is 13.7. The van der Waals surface area contributed by atoms with Gasteiger partial charge in [-0.3, -0.25) is 24.6 Å². The van der Waals surface area contributed by atoms with E-state index in [0.29, 0.717) is 79.9 Å². The Balaban J connectivity index is 0.00000561. The van der Waals surface area contributed by atoms with E-state index in [9.17, 15) is 19.2 Å². The number of imide groups is 1. The standard InChI is InChI=1S/C41H48N10O7S2.ClH/c42-14-20-59-60-21-19-57-41(55)58-35-7-2-1-4-30(35)31-22-34(39(43)47-46-31)51-24-28(23-44-51)49-16-15-48(25-37(49)53)27-10-8-26(9-11-27)29-5-3-6-32-38(29)56-18-17-50(32)33-12-13-36(52)45-40(33)54;/h1-7,22-24,26-27,33H,8-21,25,42H2,(H2,43,47)(H,45,52,54);1H/t26?,27?,33-;/m0./s1. The third kappa shape index (κ3) is 10.0. The molecule has 3 aliphatic heterocycles. The molecule has 1 atom stereocenters. The third-order valence-corrected chi connectivity index (χ3v) is 13.8. The Bertz CT molecular complexity index is 2220. The third-order valence-electron chi connectivity index (χ3n) is 11.4. The summed E-state index contributed by atoms with van der Waals surface area (Å²) in [6, 6.07) is 14.7. The number of benzene rings is 2. The number of nitrogen functional groups attached to an aromatic ring is 1. The van der Waals surface area contributed by atoms with Crippen LogP contribution in [0.15, 0.2) is 60.9 Å². The van der Waals surface area contributed by atoms with E-state index in [1.165, 1.54) is 0 Å². The first-order valence-corrected chi connectivity index (χ1v) is 22.7. The Kier molecular flexibility index (Phi) is 14.6. The maximum atomic E-state index is 13.7. The number of rotatable bonds is 13. The van der Waals surface area contributed by atoms with Gasteiger partial charge in [0.1, 0.15) is 36.4 Å². The molecule has 324 valence electrons. The van der Waals surface area contributed by atoms with Crippen LogP contribution in [-0.2, 0) is 19.1 Å². The van der Waals surface area contributed by atoms with E-state index in [1.54, 1.807) is 73.9 Å². The Morgan fingerprint density at radius 3 is 2.57 bits per heavy atom. The number of nitrogens with two attached hydrogens (primary N) is 2. The zero-order valence-electron chi connectivity index (χ0n) is 33.5. The van der Waals surface area contributed by atoms with E-state index in [2.05, 4.69) is 36.5 Å². The first kappa shape index (κ1) is 44.0. The van der Waals surface area contributed by atoms with E-state index in [0.717, 1.165) is 55.0 Å². The minimum atomic E-state index is -0.827. The SMILES string of the molecule is Cl.NCCSSCCOC(=O)Oc1ccccc1-c1cc(-n2cc(N3CCN(C4CCC(c5cccc6c5OCCN6[C@H]5CCC(=O)NC5=O)CC4)CC3=O)cn2)c(N)nn1. The molecule has 17 nitrogen and oxygen atoms in total. The predicted molar refractivity (Wildman–Crippen MR) is 237 cm³/mol. The molecule has 0 radical (unpaired) electrons. The normalized spacial score (nSPS) is 20.6.